The Morgan fingerprint density at radius 3 is 2.44 bits per heavy atom. The molecule has 0 unspecified atom stereocenters. The van der Waals surface area contributed by atoms with Gasteiger partial charge in [0.2, 0.25) is 5.91 Å². The average Bonchev–Trinajstić information content (AvgIpc) is 2.21. The van der Waals surface area contributed by atoms with Crippen LogP contribution in [0.15, 0.2) is 49.1 Å². The Bertz CT molecular complexity index is 340. The molecule has 0 spiro atoms. The molecule has 1 amide bonds. The molecule has 2 N–H and O–H groups in total. The molecule has 0 aliphatic rings. The Hall–Kier alpha value is -2.10. The zero-order chi connectivity index (χ0) is 12.4. The zero-order valence-corrected chi connectivity index (χ0v) is 9.02. The van der Waals surface area contributed by atoms with E-state index in [4.69, 9.17) is 10.5 Å². The lowest BCUT2D eigenvalue weighted by atomic mass is 10.2. The number of ether oxygens (including phenoxy) is 1. The Morgan fingerprint density at radius 2 is 1.94 bits per heavy atom. The monoisotopic (exact) mass is 221 g/mol. The van der Waals surface area contributed by atoms with Crippen molar-refractivity contribution in [2.45, 2.75) is 6.42 Å². The maximum Gasteiger partial charge on any atom is 0.315 e. The second-order valence-corrected chi connectivity index (χ2v) is 2.88. The van der Waals surface area contributed by atoms with Crippen molar-refractivity contribution in [3.63, 3.8) is 0 Å². The summed E-state index contributed by atoms with van der Waals surface area (Å²) in [6.07, 6.45) is 7.89. The highest BCUT2D eigenvalue weighted by atomic mass is 16.5. The van der Waals surface area contributed by atoms with Gasteiger partial charge in [0.05, 0.1) is 0 Å². The van der Waals surface area contributed by atoms with Gasteiger partial charge in [-0.3, -0.25) is 9.59 Å². The quantitative estimate of drug-likeness (QED) is 0.399. The van der Waals surface area contributed by atoms with Gasteiger partial charge in [0.25, 0.3) is 0 Å². The summed E-state index contributed by atoms with van der Waals surface area (Å²) in [7, 11) is 0. The van der Waals surface area contributed by atoms with Crippen molar-refractivity contribution >= 4 is 11.9 Å². The molecule has 4 heteroatoms. The number of carbonyl (C=O) groups is 2. The minimum atomic E-state index is -0.708. The number of primary amides is 1. The van der Waals surface area contributed by atoms with E-state index in [1.807, 2.05) is 0 Å². The molecule has 0 saturated heterocycles. The Labute approximate surface area is 94.8 Å². The first-order valence-corrected chi connectivity index (χ1v) is 4.64. The summed E-state index contributed by atoms with van der Waals surface area (Å²) >= 11 is 0. The third kappa shape index (κ3) is 7.32. The van der Waals surface area contributed by atoms with E-state index in [1.54, 1.807) is 30.4 Å². The summed E-state index contributed by atoms with van der Waals surface area (Å²) < 4.78 is 4.82. The van der Waals surface area contributed by atoms with Crippen molar-refractivity contribution in [1.82, 2.24) is 0 Å². The van der Waals surface area contributed by atoms with Crippen LogP contribution in [0.4, 0.5) is 0 Å². The van der Waals surface area contributed by atoms with Gasteiger partial charge in [0.15, 0.2) is 0 Å². The van der Waals surface area contributed by atoms with Gasteiger partial charge in [-0.1, -0.05) is 43.5 Å². The normalized spacial score (nSPS) is 11.1. The van der Waals surface area contributed by atoms with Crippen molar-refractivity contribution < 1.29 is 14.3 Å². The van der Waals surface area contributed by atoms with E-state index >= 15 is 0 Å². The van der Waals surface area contributed by atoms with E-state index in [9.17, 15) is 9.59 Å². The number of hydrogen-bond acceptors (Lipinski definition) is 3. The summed E-state index contributed by atoms with van der Waals surface area (Å²) in [6.45, 7) is 7.12. The van der Waals surface area contributed by atoms with E-state index < -0.39 is 18.3 Å². The molecule has 0 heterocycles. The van der Waals surface area contributed by atoms with Crippen molar-refractivity contribution in [2.75, 3.05) is 6.61 Å². The predicted octanol–water partition coefficient (Wildman–Crippen LogP) is 1.26. The second kappa shape index (κ2) is 8.23. The SMILES string of the molecule is C=C/C=C\C(=C/C=C)COC(=O)CC(N)=O. The fourth-order valence-electron chi connectivity index (χ4n) is 0.852. The summed E-state index contributed by atoms with van der Waals surface area (Å²) in [5.74, 6) is -1.35. The van der Waals surface area contributed by atoms with Crippen LogP contribution < -0.4 is 5.73 Å². The molecule has 0 aromatic rings. The average molecular weight is 221 g/mol. The molecule has 0 aromatic carbocycles. The van der Waals surface area contributed by atoms with Crippen LogP contribution in [0, 0.1) is 0 Å². The number of hydrogen-bond donors (Lipinski definition) is 1. The van der Waals surface area contributed by atoms with E-state index in [0.29, 0.717) is 0 Å². The van der Waals surface area contributed by atoms with E-state index in [-0.39, 0.29) is 6.61 Å². The standard InChI is InChI=1S/C12H15NO3/c1-3-5-7-10(6-4-2)9-16-12(15)8-11(13)14/h3-7H,1-2,8-9H2,(H2,13,14)/b7-5-,10-6+. The number of nitrogens with two attached hydrogens (primary N) is 1. The molecular weight excluding hydrogens is 206 g/mol. The van der Waals surface area contributed by atoms with Crippen molar-refractivity contribution in [3.05, 3.63) is 49.1 Å². The first kappa shape index (κ1) is 13.9. The number of carbonyl (C=O) groups excluding carboxylic acids is 2. The fraction of sp³-hybridized carbons (Fsp3) is 0.167. The number of allylic oxidation sites excluding steroid dienone is 4. The van der Waals surface area contributed by atoms with Crippen molar-refractivity contribution in [2.24, 2.45) is 5.73 Å². The van der Waals surface area contributed by atoms with Gasteiger partial charge in [0.1, 0.15) is 13.0 Å². The lowest BCUT2D eigenvalue weighted by molar-refractivity contribution is -0.144. The fourth-order valence-corrected chi connectivity index (χ4v) is 0.852. The molecule has 0 atom stereocenters. The van der Waals surface area contributed by atoms with Gasteiger partial charge < -0.3 is 10.5 Å². The van der Waals surface area contributed by atoms with Crippen LogP contribution in [0.2, 0.25) is 0 Å². The van der Waals surface area contributed by atoms with Crippen LogP contribution >= 0.6 is 0 Å². The summed E-state index contributed by atoms with van der Waals surface area (Å²) in [4.78, 5) is 21.4. The van der Waals surface area contributed by atoms with Crippen LogP contribution in [0.3, 0.4) is 0 Å². The molecule has 0 bridgehead atoms. The molecular formula is C12H15NO3. The smallest absolute Gasteiger partial charge is 0.315 e. The molecule has 0 saturated carbocycles. The van der Waals surface area contributed by atoms with Crippen LogP contribution in [-0.4, -0.2) is 18.5 Å². The highest BCUT2D eigenvalue weighted by Gasteiger charge is 2.06. The molecule has 4 nitrogen and oxygen atoms in total. The molecule has 0 aromatic heterocycles. The minimum absolute atomic E-state index is 0.0719. The van der Waals surface area contributed by atoms with Gasteiger partial charge >= 0.3 is 5.97 Å². The Balaban J connectivity index is 4.22. The summed E-state index contributed by atoms with van der Waals surface area (Å²) in [5, 5.41) is 0. The van der Waals surface area contributed by atoms with Gasteiger partial charge in [-0.15, -0.1) is 0 Å². The summed E-state index contributed by atoms with van der Waals surface area (Å²) in [6, 6.07) is 0. The molecule has 0 aliphatic heterocycles. The second-order valence-electron chi connectivity index (χ2n) is 2.88. The molecule has 0 aliphatic carbocycles. The van der Waals surface area contributed by atoms with Gasteiger partial charge in [-0.05, 0) is 5.57 Å². The first-order chi connectivity index (χ1) is 7.60. The van der Waals surface area contributed by atoms with Crippen LogP contribution in [0.5, 0.6) is 0 Å². The lowest BCUT2D eigenvalue weighted by Gasteiger charge is -2.03. The minimum Gasteiger partial charge on any atom is -0.460 e. The zero-order valence-electron chi connectivity index (χ0n) is 9.02. The largest absolute Gasteiger partial charge is 0.460 e. The molecule has 16 heavy (non-hydrogen) atoms. The van der Waals surface area contributed by atoms with Crippen LogP contribution in [0.1, 0.15) is 6.42 Å². The van der Waals surface area contributed by atoms with E-state index in [2.05, 4.69) is 13.2 Å². The molecule has 0 radical (unpaired) electrons. The predicted molar refractivity (Wildman–Crippen MR) is 62.4 cm³/mol. The third-order valence-corrected chi connectivity index (χ3v) is 1.50. The number of rotatable bonds is 7. The highest BCUT2D eigenvalue weighted by Crippen LogP contribution is 2.00. The lowest BCUT2D eigenvalue weighted by Crippen LogP contribution is -2.18. The van der Waals surface area contributed by atoms with Crippen LogP contribution in [0.25, 0.3) is 0 Å². The van der Waals surface area contributed by atoms with Gasteiger partial charge in [-0.2, -0.15) is 0 Å². The van der Waals surface area contributed by atoms with E-state index in [1.165, 1.54) is 0 Å². The summed E-state index contributed by atoms with van der Waals surface area (Å²) in [5.41, 5.74) is 5.58. The van der Waals surface area contributed by atoms with Gasteiger partial charge in [0, 0.05) is 0 Å². The van der Waals surface area contributed by atoms with Crippen LogP contribution in [-0.2, 0) is 14.3 Å². The maximum absolute atomic E-state index is 11.0. The van der Waals surface area contributed by atoms with Crippen molar-refractivity contribution in [1.29, 1.82) is 0 Å². The maximum atomic E-state index is 11.0. The van der Waals surface area contributed by atoms with Crippen molar-refractivity contribution in [3.8, 4) is 0 Å². The third-order valence-electron chi connectivity index (χ3n) is 1.50. The van der Waals surface area contributed by atoms with Gasteiger partial charge in [-0.25, -0.2) is 0 Å². The Morgan fingerprint density at radius 1 is 1.25 bits per heavy atom. The van der Waals surface area contributed by atoms with E-state index in [0.717, 1.165) is 5.57 Å². The highest BCUT2D eigenvalue weighted by molar-refractivity contribution is 5.93. The number of esters is 1. The topological polar surface area (TPSA) is 69.4 Å². The first-order valence-electron chi connectivity index (χ1n) is 4.64. The molecule has 86 valence electrons. The molecule has 0 fully saturated rings. The number of amides is 1. The Kier molecular flexibility index (Phi) is 7.15. The molecule has 0 rings (SSSR count).